The van der Waals surface area contributed by atoms with E-state index in [1.165, 1.54) is 39.2 Å². The minimum Gasteiger partial charge on any atom is -0.493 e. The predicted molar refractivity (Wildman–Crippen MR) is 125 cm³/mol. The Hall–Kier alpha value is -3.47. The van der Waals surface area contributed by atoms with Crippen LogP contribution in [0.4, 0.5) is 10.1 Å². The molecule has 11 heteroatoms. The highest BCUT2D eigenvalue weighted by Gasteiger charge is 2.24. The monoisotopic (exact) mass is 488 g/mol. The Morgan fingerprint density at radius 1 is 1.03 bits per heavy atom. The highest BCUT2D eigenvalue weighted by molar-refractivity contribution is 7.99. The summed E-state index contributed by atoms with van der Waals surface area (Å²) in [5.41, 5.74) is 1.17. The number of carbonyl (C=O) groups is 1. The van der Waals surface area contributed by atoms with Gasteiger partial charge in [-0.25, -0.2) is 4.39 Å². The van der Waals surface area contributed by atoms with Crippen LogP contribution in [0.2, 0.25) is 0 Å². The number of nitrogens with zero attached hydrogens (tertiary/aromatic N) is 4. The fraction of sp³-hybridized carbons (Fsp3) is 0.348. The van der Waals surface area contributed by atoms with Gasteiger partial charge in [-0.1, -0.05) is 23.9 Å². The predicted octanol–water partition coefficient (Wildman–Crippen LogP) is 3.34. The Bertz CT molecular complexity index is 1120. The van der Waals surface area contributed by atoms with E-state index in [-0.39, 0.29) is 28.6 Å². The molecule has 0 radical (unpaired) electrons. The Morgan fingerprint density at radius 3 is 2.32 bits per heavy atom. The molecule has 34 heavy (non-hydrogen) atoms. The lowest BCUT2D eigenvalue weighted by Crippen LogP contribution is -2.49. The number of aromatic nitrogens is 2. The van der Waals surface area contributed by atoms with Crippen molar-refractivity contribution in [3.8, 4) is 28.7 Å². The van der Waals surface area contributed by atoms with Gasteiger partial charge >= 0.3 is 0 Å². The first-order chi connectivity index (χ1) is 16.5. The van der Waals surface area contributed by atoms with Crippen LogP contribution in [0, 0.1) is 5.82 Å². The average molecular weight is 489 g/mol. The van der Waals surface area contributed by atoms with E-state index in [4.69, 9.17) is 18.6 Å². The van der Waals surface area contributed by atoms with E-state index in [0.29, 0.717) is 54.7 Å². The molecule has 1 aromatic heterocycles. The zero-order valence-electron chi connectivity index (χ0n) is 19.1. The van der Waals surface area contributed by atoms with Crippen LogP contribution in [0.25, 0.3) is 11.5 Å². The first kappa shape index (κ1) is 23.7. The molecule has 1 aliphatic rings. The van der Waals surface area contributed by atoms with Crippen molar-refractivity contribution in [2.45, 2.75) is 5.22 Å². The quantitative estimate of drug-likeness (QED) is 0.443. The number of carbonyl (C=O) groups excluding carboxylic acids is 1. The molecule has 2 heterocycles. The fourth-order valence-electron chi connectivity index (χ4n) is 3.71. The Kier molecular flexibility index (Phi) is 7.41. The van der Waals surface area contributed by atoms with E-state index in [0.717, 1.165) is 0 Å². The second kappa shape index (κ2) is 10.6. The highest BCUT2D eigenvalue weighted by Crippen LogP contribution is 2.41. The van der Waals surface area contributed by atoms with Gasteiger partial charge < -0.3 is 28.4 Å². The normalized spacial score (nSPS) is 13.6. The van der Waals surface area contributed by atoms with E-state index >= 15 is 0 Å². The molecule has 2 aromatic carbocycles. The summed E-state index contributed by atoms with van der Waals surface area (Å²) in [6.45, 7) is 2.19. The van der Waals surface area contributed by atoms with Gasteiger partial charge in [-0.3, -0.25) is 4.79 Å². The van der Waals surface area contributed by atoms with Crippen molar-refractivity contribution in [2.75, 3.05) is 58.2 Å². The van der Waals surface area contributed by atoms with Crippen LogP contribution in [0.15, 0.2) is 46.0 Å². The van der Waals surface area contributed by atoms with E-state index in [1.807, 2.05) is 11.0 Å². The van der Waals surface area contributed by atoms with Gasteiger partial charge in [-0.2, -0.15) is 0 Å². The Balaban J connectivity index is 1.35. The second-order valence-corrected chi connectivity index (χ2v) is 8.32. The molecule has 0 unspecified atom stereocenters. The standard InChI is InChI=1S/C23H25FN4O5S/c1-30-18-12-15(13-19(31-2)21(18)32-3)22-25-26-23(33-22)34-14-20(29)28-10-8-27(9-11-28)17-7-5-4-6-16(17)24/h4-7,12-13H,8-11,14H2,1-3H3. The van der Waals surface area contributed by atoms with E-state index in [2.05, 4.69) is 10.2 Å². The molecule has 0 N–H and O–H groups in total. The van der Waals surface area contributed by atoms with Crippen molar-refractivity contribution in [3.63, 3.8) is 0 Å². The number of thioether (sulfide) groups is 1. The lowest BCUT2D eigenvalue weighted by Gasteiger charge is -2.36. The summed E-state index contributed by atoms with van der Waals surface area (Å²) in [6.07, 6.45) is 0. The first-order valence-electron chi connectivity index (χ1n) is 10.6. The van der Waals surface area contributed by atoms with Crippen molar-refractivity contribution in [1.82, 2.24) is 15.1 Å². The van der Waals surface area contributed by atoms with E-state index in [9.17, 15) is 9.18 Å². The summed E-state index contributed by atoms with van der Waals surface area (Å²) < 4.78 is 35.8. The molecule has 0 spiro atoms. The van der Waals surface area contributed by atoms with Crippen molar-refractivity contribution in [3.05, 3.63) is 42.2 Å². The largest absolute Gasteiger partial charge is 0.493 e. The van der Waals surface area contributed by atoms with Crippen LogP contribution >= 0.6 is 11.8 Å². The molecule has 4 rings (SSSR count). The summed E-state index contributed by atoms with van der Waals surface area (Å²) in [6, 6.07) is 10.1. The number of halogens is 1. The third-order valence-electron chi connectivity index (χ3n) is 5.46. The third-order valence-corrected chi connectivity index (χ3v) is 6.27. The van der Waals surface area contributed by atoms with Crippen LogP contribution < -0.4 is 19.1 Å². The fourth-order valence-corrected chi connectivity index (χ4v) is 4.37. The zero-order valence-corrected chi connectivity index (χ0v) is 19.9. The van der Waals surface area contributed by atoms with Crippen molar-refractivity contribution in [1.29, 1.82) is 0 Å². The number of rotatable bonds is 8. The second-order valence-electron chi connectivity index (χ2n) is 7.40. The number of hydrogen-bond donors (Lipinski definition) is 0. The molecular formula is C23H25FN4O5S. The van der Waals surface area contributed by atoms with Gasteiger partial charge in [-0.15, -0.1) is 10.2 Å². The SMILES string of the molecule is COc1cc(-c2nnc(SCC(=O)N3CCN(c4ccccc4F)CC3)o2)cc(OC)c1OC. The molecule has 0 bridgehead atoms. The molecule has 0 atom stereocenters. The lowest BCUT2D eigenvalue weighted by atomic mass is 10.2. The van der Waals surface area contributed by atoms with Gasteiger partial charge in [0, 0.05) is 31.7 Å². The summed E-state index contributed by atoms with van der Waals surface area (Å²) in [7, 11) is 4.58. The highest BCUT2D eigenvalue weighted by atomic mass is 32.2. The number of amides is 1. The maximum absolute atomic E-state index is 14.0. The number of piperazine rings is 1. The topological polar surface area (TPSA) is 90.2 Å². The van der Waals surface area contributed by atoms with Gasteiger partial charge in [0.25, 0.3) is 5.22 Å². The molecule has 9 nitrogen and oxygen atoms in total. The van der Waals surface area contributed by atoms with Crippen molar-refractivity contribution in [2.24, 2.45) is 0 Å². The van der Waals surface area contributed by atoms with Crippen LogP contribution in [0.5, 0.6) is 17.2 Å². The summed E-state index contributed by atoms with van der Waals surface area (Å²) in [4.78, 5) is 16.4. The van der Waals surface area contributed by atoms with Crippen molar-refractivity contribution >= 4 is 23.4 Å². The average Bonchev–Trinajstić information content (AvgIpc) is 3.36. The Morgan fingerprint density at radius 2 is 1.71 bits per heavy atom. The number of anilines is 1. The number of hydrogen-bond acceptors (Lipinski definition) is 9. The maximum Gasteiger partial charge on any atom is 0.277 e. The summed E-state index contributed by atoms with van der Waals surface area (Å²) in [5, 5.41) is 8.40. The number of para-hydroxylation sites is 1. The molecule has 1 fully saturated rings. The molecule has 1 saturated heterocycles. The van der Waals surface area contributed by atoms with Crippen LogP contribution in [-0.2, 0) is 4.79 Å². The van der Waals surface area contributed by atoms with Gasteiger partial charge in [0.1, 0.15) is 5.82 Å². The molecule has 0 aliphatic carbocycles. The minimum atomic E-state index is -0.253. The smallest absolute Gasteiger partial charge is 0.277 e. The molecule has 180 valence electrons. The molecule has 1 amide bonds. The number of methoxy groups -OCH3 is 3. The number of benzene rings is 2. The van der Waals surface area contributed by atoms with Crippen molar-refractivity contribution < 1.29 is 27.8 Å². The third kappa shape index (κ3) is 5.04. The van der Waals surface area contributed by atoms with Gasteiger partial charge in [0.05, 0.1) is 32.8 Å². The first-order valence-corrected chi connectivity index (χ1v) is 11.6. The van der Waals surface area contributed by atoms with Crippen LogP contribution in [0.1, 0.15) is 0 Å². The van der Waals surface area contributed by atoms with E-state index in [1.54, 1.807) is 29.2 Å². The van der Waals surface area contributed by atoms with Crippen LogP contribution in [0.3, 0.4) is 0 Å². The zero-order chi connectivity index (χ0) is 24.1. The lowest BCUT2D eigenvalue weighted by molar-refractivity contribution is -0.128. The van der Waals surface area contributed by atoms with Crippen LogP contribution in [-0.4, -0.2) is 74.3 Å². The Labute approximate surface area is 200 Å². The number of ether oxygens (including phenoxy) is 3. The van der Waals surface area contributed by atoms with Gasteiger partial charge in [0.15, 0.2) is 11.5 Å². The molecule has 3 aromatic rings. The molecular weight excluding hydrogens is 463 g/mol. The molecule has 0 saturated carbocycles. The van der Waals surface area contributed by atoms with Gasteiger partial charge in [-0.05, 0) is 24.3 Å². The summed E-state index contributed by atoms with van der Waals surface area (Å²) in [5.74, 6) is 1.54. The minimum absolute atomic E-state index is 0.0364. The summed E-state index contributed by atoms with van der Waals surface area (Å²) >= 11 is 1.17. The van der Waals surface area contributed by atoms with E-state index < -0.39 is 0 Å². The molecule has 1 aliphatic heterocycles. The maximum atomic E-state index is 14.0. The van der Waals surface area contributed by atoms with Gasteiger partial charge in [0.2, 0.25) is 17.5 Å².